The molecule has 1 aromatic carbocycles. The molecular formula is C13H9N5. The van der Waals surface area contributed by atoms with Crippen molar-refractivity contribution < 1.29 is 0 Å². The molecule has 0 saturated carbocycles. The Morgan fingerprint density at radius 1 is 1.00 bits per heavy atom. The van der Waals surface area contributed by atoms with E-state index in [0.29, 0.717) is 5.56 Å². The largest absolute Gasteiger partial charge is 0.397 e. The Kier molecular flexibility index (Phi) is 2.82. The van der Waals surface area contributed by atoms with Gasteiger partial charge in [-0.15, -0.1) is 0 Å². The van der Waals surface area contributed by atoms with Crippen LogP contribution in [0.5, 0.6) is 0 Å². The van der Waals surface area contributed by atoms with Crippen molar-refractivity contribution in [2.24, 2.45) is 0 Å². The van der Waals surface area contributed by atoms with Gasteiger partial charge in [0.05, 0.1) is 5.69 Å². The summed E-state index contributed by atoms with van der Waals surface area (Å²) in [6, 6.07) is 12.9. The second kappa shape index (κ2) is 4.44. The van der Waals surface area contributed by atoms with Crippen LogP contribution < -0.4 is 11.5 Å². The van der Waals surface area contributed by atoms with E-state index < -0.39 is 0 Å². The molecule has 86 valence electrons. The molecule has 0 bridgehead atoms. The summed E-state index contributed by atoms with van der Waals surface area (Å²) in [6.07, 6.45) is 0. The summed E-state index contributed by atoms with van der Waals surface area (Å²) in [5, 5.41) is 18.1. The molecule has 18 heavy (non-hydrogen) atoms. The minimum Gasteiger partial charge on any atom is -0.397 e. The van der Waals surface area contributed by atoms with Gasteiger partial charge >= 0.3 is 0 Å². The third-order valence-electron chi connectivity index (χ3n) is 2.54. The molecule has 5 nitrogen and oxygen atoms in total. The van der Waals surface area contributed by atoms with Crippen molar-refractivity contribution in [3.05, 3.63) is 41.6 Å². The lowest BCUT2D eigenvalue weighted by Crippen LogP contribution is -2.05. The standard InChI is InChI=1S/C13H9N5/c14-6-9-12(16)11(8-4-2-1-3-5-8)10(7-15)18-13(9)17/h1-5H,(H4,16,17,18). The van der Waals surface area contributed by atoms with E-state index in [4.69, 9.17) is 22.0 Å². The van der Waals surface area contributed by atoms with Gasteiger partial charge < -0.3 is 11.5 Å². The highest BCUT2D eigenvalue weighted by molar-refractivity contribution is 5.86. The summed E-state index contributed by atoms with van der Waals surface area (Å²) in [4.78, 5) is 3.91. The van der Waals surface area contributed by atoms with Crippen LogP contribution in [0.4, 0.5) is 11.5 Å². The number of rotatable bonds is 1. The fourth-order valence-corrected chi connectivity index (χ4v) is 1.72. The number of benzene rings is 1. The molecule has 2 aromatic rings. The molecule has 0 spiro atoms. The lowest BCUT2D eigenvalue weighted by atomic mass is 9.99. The van der Waals surface area contributed by atoms with Gasteiger partial charge in [-0.1, -0.05) is 30.3 Å². The molecule has 0 aliphatic carbocycles. The predicted octanol–water partition coefficient (Wildman–Crippen LogP) is 1.66. The summed E-state index contributed by atoms with van der Waals surface area (Å²) >= 11 is 0. The van der Waals surface area contributed by atoms with E-state index in [0.717, 1.165) is 5.56 Å². The van der Waals surface area contributed by atoms with Crippen molar-refractivity contribution >= 4 is 11.5 Å². The summed E-state index contributed by atoms with van der Waals surface area (Å²) in [7, 11) is 0. The fourth-order valence-electron chi connectivity index (χ4n) is 1.72. The summed E-state index contributed by atoms with van der Waals surface area (Å²) in [5.74, 6) is -0.0220. The zero-order valence-electron chi connectivity index (χ0n) is 9.38. The van der Waals surface area contributed by atoms with Gasteiger partial charge in [0.15, 0.2) is 5.69 Å². The Balaban J connectivity index is 2.83. The third kappa shape index (κ3) is 1.70. The number of nitrogens with zero attached hydrogens (tertiary/aromatic N) is 3. The number of nitriles is 2. The van der Waals surface area contributed by atoms with Crippen molar-refractivity contribution in [1.82, 2.24) is 4.98 Å². The average Bonchev–Trinajstić information content (AvgIpc) is 2.39. The highest BCUT2D eigenvalue weighted by atomic mass is 14.9. The summed E-state index contributed by atoms with van der Waals surface area (Å²) in [5.41, 5.74) is 13.1. The number of nitrogen functional groups attached to an aromatic ring is 2. The van der Waals surface area contributed by atoms with Crippen LogP contribution in [0.15, 0.2) is 30.3 Å². The van der Waals surface area contributed by atoms with Gasteiger partial charge in [0.25, 0.3) is 0 Å². The first kappa shape index (κ1) is 11.4. The normalized spacial score (nSPS) is 9.44. The number of hydrogen-bond donors (Lipinski definition) is 2. The first-order chi connectivity index (χ1) is 8.69. The van der Waals surface area contributed by atoms with E-state index >= 15 is 0 Å². The van der Waals surface area contributed by atoms with Gasteiger partial charge in [0.2, 0.25) is 0 Å². The van der Waals surface area contributed by atoms with E-state index in [-0.39, 0.29) is 22.8 Å². The fraction of sp³-hybridized carbons (Fsp3) is 0. The molecule has 0 saturated heterocycles. The predicted molar refractivity (Wildman–Crippen MR) is 67.9 cm³/mol. The monoisotopic (exact) mass is 235 g/mol. The molecule has 0 radical (unpaired) electrons. The van der Waals surface area contributed by atoms with Gasteiger partial charge in [0, 0.05) is 5.56 Å². The van der Waals surface area contributed by atoms with Gasteiger partial charge in [-0.3, -0.25) is 0 Å². The molecule has 0 aliphatic rings. The van der Waals surface area contributed by atoms with Crippen LogP contribution >= 0.6 is 0 Å². The van der Waals surface area contributed by atoms with Crippen molar-refractivity contribution in [3.8, 4) is 23.3 Å². The Morgan fingerprint density at radius 3 is 2.22 bits per heavy atom. The highest BCUT2D eigenvalue weighted by Gasteiger charge is 2.17. The molecule has 0 unspecified atom stereocenters. The maximum atomic E-state index is 9.09. The molecule has 0 aliphatic heterocycles. The number of nitrogens with two attached hydrogens (primary N) is 2. The van der Waals surface area contributed by atoms with Crippen molar-refractivity contribution in [2.45, 2.75) is 0 Å². The Bertz CT molecular complexity index is 677. The molecule has 1 aromatic heterocycles. The number of hydrogen-bond acceptors (Lipinski definition) is 5. The van der Waals surface area contributed by atoms with Gasteiger partial charge in [-0.05, 0) is 5.56 Å². The smallest absolute Gasteiger partial charge is 0.152 e. The third-order valence-corrected chi connectivity index (χ3v) is 2.54. The molecule has 1 heterocycles. The maximum Gasteiger partial charge on any atom is 0.152 e. The summed E-state index contributed by atoms with van der Waals surface area (Å²) in [6.45, 7) is 0. The lowest BCUT2D eigenvalue weighted by molar-refractivity contribution is 1.26. The first-order valence-electron chi connectivity index (χ1n) is 5.13. The van der Waals surface area contributed by atoms with Gasteiger partial charge in [-0.2, -0.15) is 10.5 Å². The zero-order chi connectivity index (χ0) is 13.1. The maximum absolute atomic E-state index is 9.09. The molecule has 2 rings (SSSR count). The molecule has 0 atom stereocenters. The molecule has 0 fully saturated rings. The molecular weight excluding hydrogens is 226 g/mol. The zero-order valence-corrected chi connectivity index (χ0v) is 9.38. The minimum absolute atomic E-state index is 0.0220. The van der Waals surface area contributed by atoms with Crippen LogP contribution in [0.2, 0.25) is 0 Å². The van der Waals surface area contributed by atoms with Crippen LogP contribution in [-0.2, 0) is 0 Å². The van der Waals surface area contributed by atoms with Crippen LogP contribution in [0, 0.1) is 22.7 Å². The summed E-state index contributed by atoms with van der Waals surface area (Å²) < 4.78 is 0. The topological polar surface area (TPSA) is 113 Å². The van der Waals surface area contributed by atoms with Crippen LogP contribution in [0.25, 0.3) is 11.1 Å². The van der Waals surface area contributed by atoms with Gasteiger partial charge in [0.1, 0.15) is 23.5 Å². The minimum atomic E-state index is -0.0220. The number of anilines is 2. The first-order valence-corrected chi connectivity index (χ1v) is 5.13. The van der Waals surface area contributed by atoms with Crippen LogP contribution in [-0.4, -0.2) is 4.98 Å². The molecule has 4 N–H and O–H groups in total. The van der Waals surface area contributed by atoms with Crippen molar-refractivity contribution in [1.29, 1.82) is 10.5 Å². The highest BCUT2D eigenvalue weighted by Crippen LogP contribution is 2.32. The van der Waals surface area contributed by atoms with E-state index in [1.165, 1.54) is 0 Å². The van der Waals surface area contributed by atoms with Crippen molar-refractivity contribution in [3.63, 3.8) is 0 Å². The average molecular weight is 235 g/mol. The van der Waals surface area contributed by atoms with Crippen molar-refractivity contribution in [2.75, 3.05) is 11.5 Å². The van der Waals surface area contributed by atoms with Crippen LogP contribution in [0.1, 0.15) is 11.3 Å². The number of aromatic nitrogens is 1. The van der Waals surface area contributed by atoms with E-state index in [2.05, 4.69) is 4.98 Å². The van der Waals surface area contributed by atoms with E-state index in [1.807, 2.05) is 30.3 Å². The second-order valence-corrected chi connectivity index (χ2v) is 3.60. The van der Waals surface area contributed by atoms with Gasteiger partial charge in [-0.25, -0.2) is 4.98 Å². The number of pyridine rings is 1. The Labute approximate surface area is 104 Å². The Morgan fingerprint density at radius 2 is 1.67 bits per heavy atom. The molecule has 5 heteroatoms. The quantitative estimate of drug-likeness (QED) is 0.780. The van der Waals surface area contributed by atoms with Crippen LogP contribution in [0.3, 0.4) is 0 Å². The SMILES string of the molecule is N#Cc1nc(N)c(C#N)c(N)c1-c1ccccc1. The van der Waals surface area contributed by atoms with E-state index in [1.54, 1.807) is 12.1 Å². The Hall–Kier alpha value is -3.05. The molecule has 0 amide bonds. The van der Waals surface area contributed by atoms with E-state index in [9.17, 15) is 0 Å². The lowest BCUT2D eigenvalue weighted by Gasteiger charge is -2.10. The second-order valence-electron chi connectivity index (χ2n) is 3.60.